The number of hydrogen-bond acceptors (Lipinski definition) is 4. The fourth-order valence-electron chi connectivity index (χ4n) is 2.56. The van der Waals surface area contributed by atoms with E-state index in [2.05, 4.69) is 53.7 Å². The molecule has 7 heteroatoms. The maximum absolute atomic E-state index is 5.68. The van der Waals surface area contributed by atoms with Crippen molar-refractivity contribution in [2.45, 2.75) is 42.9 Å². The summed E-state index contributed by atoms with van der Waals surface area (Å²) >= 11 is 1.85. The van der Waals surface area contributed by atoms with Crippen molar-refractivity contribution in [1.29, 1.82) is 0 Å². The molecule has 1 fully saturated rings. The number of thioether (sulfide) groups is 1. The molecule has 1 aromatic carbocycles. The van der Waals surface area contributed by atoms with E-state index in [-0.39, 0.29) is 30.1 Å². The number of nitrogens with zero attached hydrogens (tertiary/aromatic N) is 1. The van der Waals surface area contributed by atoms with Crippen LogP contribution < -0.4 is 10.6 Å². The summed E-state index contributed by atoms with van der Waals surface area (Å²) in [5, 5.41) is 7.04. The standard InChI is InChI=1S/C19H31N3O2S.HI/c1-3-20-19(21-11-13-23-15-17-8-7-12-24-17)22-14-16(2)25-18-9-5-4-6-10-18;/h4-6,9-10,16-17H,3,7-8,11-15H2,1-2H3,(H2,20,21,22);1H. The van der Waals surface area contributed by atoms with Crippen molar-refractivity contribution >= 4 is 41.7 Å². The molecule has 0 radical (unpaired) electrons. The number of guanidine groups is 1. The Morgan fingerprint density at radius 2 is 2.15 bits per heavy atom. The zero-order chi connectivity index (χ0) is 17.7. The fourth-order valence-corrected chi connectivity index (χ4v) is 3.49. The SMILES string of the molecule is CCNC(=NCC(C)Sc1ccccc1)NCCOCC1CCCO1.I. The number of ether oxygens (including phenoxy) is 2. The van der Waals surface area contributed by atoms with Crippen LogP contribution in [0.1, 0.15) is 26.7 Å². The van der Waals surface area contributed by atoms with Gasteiger partial charge in [-0.1, -0.05) is 25.1 Å². The number of nitrogens with one attached hydrogen (secondary N) is 2. The molecule has 0 bridgehead atoms. The molecule has 0 amide bonds. The normalized spacial score (nSPS) is 18.2. The van der Waals surface area contributed by atoms with Crippen molar-refractivity contribution < 1.29 is 9.47 Å². The Bertz CT molecular complexity index is 499. The Kier molecular flexibility index (Phi) is 13.2. The van der Waals surface area contributed by atoms with Gasteiger partial charge < -0.3 is 20.1 Å². The second-order valence-corrected chi connectivity index (χ2v) is 7.61. The Labute approximate surface area is 179 Å². The number of halogens is 1. The summed E-state index contributed by atoms with van der Waals surface area (Å²) in [6, 6.07) is 10.5. The van der Waals surface area contributed by atoms with Crippen molar-refractivity contribution in [3.8, 4) is 0 Å². The van der Waals surface area contributed by atoms with E-state index in [1.807, 2.05) is 17.8 Å². The van der Waals surface area contributed by atoms with E-state index in [0.29, 0.717) is 18.5 Å². The van der Waals surface area contributed by atoms with Gasteiger partial charge in [0.05, 0.1) is 25.9 Å². The number of rotatable bonds is 10. The summed E-state index contributed by atoms with van der Waals surface area (Å²) in [5.74, 6) is 0.851. The molecule has 1 saturated heterocycles. The van der Waals surface area contributed by atoms with Crippen molar-refractivity contribution in [3.05, 3.63) is 30.3 Å². The van der Waals surface area contributed by atoms with Gasteiger partial charge in [-0.05, 0) is 31.9 Å². The van der Waals surface area contributed by atoms with Crippen LogP contribution >= 0.6 is 35.7 Å². The lowest BCUT2D eigenvalue weighted by molar-refractivity contribution is 0.0191. The van der Waals surface area contributed by atoms with E-state index < -0.39 is 0 Å². The zero-order valence-corrected chi connectivity index (χ0v) is 18.9. The first-order chi connectivity index (χ1) is 12.3. The number of benzene rings is 1. The first-order valence-electron chi connectivity index (χ1n) is 9.21. The van der Waals surface area contributed by atoms with Gasteiger partial charge in [0.1, 0.15) is 0 Å². The number of aliphatic imine (C=N–C) groups is 1. The highest BCUT2D eigenvalue weighted by Crippen LogP contribution is 2.22. The molecule has 1 aliphatic rings. The second kappa shape index (κ2) is 14.5. The van der Waals surface area contributed by atoms with Gasteiger partial charge in [0.2, 0.25) is 0 Å². The average molecular weight is 493 g/mol. The summed E-state index contributed by atoms with van der Waals surface area (Å²) < 4.78 is 11.2. The topological polar surface area (TPSA) is 54.9 Å². The highest BCUT2D eigenvalue weighted by atomic mass is 127. The lowest BCUT2D eigenvalue weighted by Gasteiger charge is -2.14. The minimum Gasteiger partial charge on any atom is -0.377 e. The average Bonchev–Trinajstić information content (AvgIpc) is 3.13. The molecule has 5 nitrogen and oxygen atoms in total. The van der Waals surface area contributed by atoms with Gasteiger partial charge in [-0.15, -0.1) is 35.7 Å². The van der Waals surface area contributed by atoms with E-state index in [0.717, 1.165) is 45.0 Å². The van der Waals surface area contributed by atoms with Crippen LogP contribution in [0.5, 0.6) is 0 Å². The van der Waals surface area contributed by atoms with Crippen LogP contribution in [0.15, 0.2) is 40.2 Å². The predicted octanol–water partition coefficient (Wildman–Crippen LogP) is 3.54. The van der Waals surface area contributed by atoms with Crippen molar-refractivity contribution in [2.24, 2.45) is 4.99 Å². The van der Waals surface area contributed by atoms with Crippen LogP contribution in [0.2, 0.25) is 0 Å². The molecule has 0 spiro atoms. The van der Waals surface area contributed by atoms with Crippen molar-refractivity contribution in [1.82, 2.24) is 10.6 Å². The lowest BCUT2D eigenvalue weighted by Crippen LogP contribution is -2.39. The van der Waals surface area contributed by atoms with Crippen LogP contribution in [0.25, 0.3) is 0 Å². The molecule has 0 aromatic heterocycles. The third-order valence-corrected chi connectivity index (χ3v) is 4.89. The Morgan fingerprint density at radius 3 is 2.85 bits per heavy atom. The summed E-state index contributed by atoms with van der Waals surface area (Å²) in [5.41, 5.74) is 0. The molecule has 148 valence electrons. The highest BCUT2D eigenvalue weighted by Gasteiger charge is 2.14. The third kappa shape index (κ3) is 9.99. The molecular weight excluding hydrogens is 461 g/mol. The Hall–Kier alpha value is -0.510. The van der Waals surface area contributed by atoms with E-state index in [9.17, 15) is 0 Å². The van der Waals surface area contributed by atoms with Crippen LogP contribution in [-0.4, -0.2) is 56.8 Å². The fraction of sp³-hybridized carbons (Fsp3) is 0.632. The maximum atomic E-state index is 5.68. The summed E-state index contributed by atoms with van der Waals surface area (Å²) in [7, 11) is 0. The first kappa shape index (κ1) is 23.5. The molecule has 1 aliphatic heterocycles. The van der Waals surface area contributed by atoms with Gasteiger partial charge in [0, 0.05) is 29.8 Å². The zero-order valence-electron chi connectivity index (χ0n) is 15.8. The second-order valence-electron chi connectivity index (χ2n) is 6.10. The van der Waals surface area contributed by atoms with Gasteiger partial charge in [-0.25, -0.2) is 0 Å². The van der Waals surface area contributed by atoms with Gasteiger partial charge in [-0.2, -0.15) is 0 Å². The smallest absolute Gasteiger partial charge is 0.191 e. The third-order valence-electron chi connectivity index (χ3n) is 3.80. The molecule has 0 saturated carbocycles. The van der Waals surface area contributed by atoms with Crippen LogP contribution in [0.3, 0.4) is 0 Å². The lowest BCUT2D eigenvalue weighted by atomic mass is 10.2. The molecule has 2 rings (SSSR count). The summed E-state index contributed by atoms with van der Waals surface area (Å²) in [6.07, 6.45) is 2.56. The van der Waals surface area contributed by atoms with E-state index in [4.69, 9.17) is 9.47 Å². The molecule has 26 heavy (non-hydrogen) atoms. The molecule has 2 N–H and O–H groups in total. The van der Waals surface area contributed by atoms with Gasteiger partial charge >= 0.3 is 0 Å². The van der Waals surface area contributed by atoms with Gasteiger partial charge in [0.15, 0.2) is 5.96 Å². The predicted molar refractivity (Wildman–Crippen MR) is 121 cm³/mol. The molecule has 2 unspecified atom stereocenters. The van der Waals surface area contributed by atoms with Gasteiger partial charge in [0.25, 0.3) is 0 Å². The monoisotopic (exact) mass is 493 g/mol. The summed E-state index contributed by atoms with van der Waals surface area (Å²) in [4.78, 5) is 5.96. The molecule has 1 aromatic rings. The maximum Gasteiger partial charge on any atom is 0.191 e. The van der Waals surface area contributed by atoms with Crippen LogP contribution in [-0.2, 0) is 9.47 Å². The Morgan fingerprint density at radius 1 is 1.35 bits per heavy atom. The largest absolute Gasteiger partial charge is 0.377 e. The summed E-state index contributed by atoms with van der Waals surface area (Å²) in [6.45, 7) is 8.89. The molecule has 0 aliphatic carbocycles. The van der Waals surface area contributed by atoms with Gasteiger partial charge in [-0.3, -0.25) is 4.99 Å². The van der Waals surface area contributed by atoms with E-state index in [1.54, 1.807) is 0 Å². The molecule has 1 heterocycles. The van der Waals surface area contributed by atoms with Crippen LogP contribution in [0.4, 0.5) is 0 Å². The quantitative estimate of drug-likeness (QED) is 0.172. The minimum atomic E-state index is 0. The van der Waals surface area contributed by atoms with E-state index >= 15 is 0 Å². The highest BCUT2D eigenvalue weighted by molar-refractivity contribution is 14.0. The van der Waals surface area contributed by atoms with Crippen molar-refractivity contribution in [2.75, 3.05) is 39.5 Å². The Balaban J connectivity index is 0.00000338. The minimum absolute atomic E-state index is 0. The van der Waals surface area contributed by atoms with Crippen molar-refractivity contribution in [3.63, 3.8) is 0 Å². The molecule has 2 atom stereocenters. The first-order valence-corrected chi connectivity index (χ1v) is 10.1. The molecular formula is C19H32IN3O2S. The number of hydrogen-bond donors (Lipinski definition) is 2. The van der Waals surface area contributed by atoms with Crippen LogP contribution in [0, 0.1) is 0 Å². The van der Waals surface area contributed by atoms with E-state index in [1.165, 1.54) is 4.90 Å².